The molecule has 1 aliphatic carbocycles. The molecule has 0 spiro atoms. The molecule has 2 N–H and O–H groups in total. The van der Waals surface area contributed by atoms with Crippen molar-refractivity contribution in [2.24, 2.45) is 0 Å². The summed E-state index contributed by atoms with van der Waals surface area (Å²) in [7, 11) is 1.32. The number of hydrogen-bond acceptors (Lipinski definition) is 5. The maximum Gasteiger partial charge on any atom is 0.356 e. The van der Waals surface area contributed by atoms with Crippen molar-refractivity contribution in [3.8, 4) is 5.82 Å². The third-order valence-corrected chi connectivity index (χ3v) is 3.12. The van der Waals surface area contributed by atoms with Gasteiger partial charge in [-0.1, -0.05) is 0 Å². The largest absolute Gasteiger partial charge is 0.464 e. The highest BCUT2D eigenvalue weighted by molar-refractivity contribution is 5.87. The van der Waals surface area contributed by atoms with Crippen LogP contribution in [0.2, 0.25) is 0 Å². The monoisotopic (exact) mass is 258 g/mol. The average molecular weight is 258 g/mol. The molecule has 6 heteroatoms. The van der Waals surface area contributed by atoms with E-state index in [9.17, 15) is 4.79 Å². The number of rotatable bonds is 3. The van der Waals surface area contributed by atoms with Crippen molar-refractivity contribution in [2.45, 2.75) is 18.8 Å². The van der Waals surface area contributed by atoms with Crippen molar-refractivity contribution in [1.82, 2.24) is 14.8 Å². The first-order chi connectivity index (χ1) is 9.19. The van der Waals surface area contributed by atoms with E-state index < -0.39 is 5.97 Å². The van der Waals surface area contributed by atoms with Gasteiger partial charge in [0.25, 0.3) is 0 Å². The topological polar surface area (TPSA) is 83.0 Å². The van der Waals surface area contributed by atoms with E-state index in [0.717, 1.165) is 5.69 Å². The Balaban J connectivity index is 1.99. The second kappa shape index (κ2) is 4.38. The SMILES string of the molecule is COC(=O)c1ccc(N)c(-n2ccc(C3CC3)n2)n1. The molecule has 1 saturated carbocycles. The summed E-state index contributed by atoms with van der Waals surface area (Å²) in [6.07, 6.45) is 4.18. The summed E-state index contributed by atoms with van der Waals surface area (Å²) in [6.45, 7) is 0. The van der Waals surface area contributed by atoms with Gasteiger partial charge in [0.05, 0.1) is 18.5 Å². The number of methoxy groups -OCH3 is 1. The second-order valence-electron chi connectivity index (χ2n) is 4.56. The van der Waals surface area contributed by atoms with Crippen LogP contribution in [0.15, 0.2) is 24.4 Å². The molecule has 0 bridgehead atoms. The first kappa shape index (κ1) is 11.7. The number of hydrogen-bond donors (Lipinski definition) is 1. The molecule has 0 unspecified atom stereocenters. The molecule has 2 heterocycles. The summed E-state index contributed by atoms with van der Waals surface area (Å²) < 4.78 is 6.26. The van der Waals surface area contributed by atoms with Crippen LogP contribution in [0.4, 0.5) is 5.69 Å². The molecule has 1 aliphatic rings. The fraction of sp³-hybridized carbons (Fsp3) is 0.308. The molecule has 3 rings (SSSR count). The standard InChI is InChI=1S/C13H14N4O2/c1-19-13(18)11-5-4-9(14)12(15-11)17-7-6-10(16-17)8-2-3-8/h4-8H,2-3,14H2,1H3. The molecular weight excluding hydrogens is 244 g/mol. The van der Waals surface area contributed by atoms with E-state index in [-0.39, 0.29) is 5.69 Å². The fourth-order valence-electron chi connectivity index (χ4n) is 1.91. The molecular formula is C13H14N4O2. The highest BCUT2D eigenvalue weighted by atomic mass is 16.5. The molecule has 2 aromatic heterocycles. The third-order valence-electron chi connectivity index (χ3n) is 3.12. The van der Waals surface area contributed by atoms with E-state index in [1.54, 1.807) is 10.7 Å². The number of carbonyl (C=O) groups excluding carboxylic acids is 1. The van der Waals surface area contributed by atoms with Gasteiger partial charge >= 0.3 is 5.97 Å². The Morgan fingerprint density at radius 1 is 1.42 bits per heavy atom. The van der Waals surface area contributed by atoms with Gasteiger partial charge in [0.2, 0.25) is 0 Å². The minimum Gasteiger partial charge on any atom is -0.464 e. The first-order valence-corrected chi connectivity index (χ1v) is 6.10. The Morgan fingerprint density at radius 2 is 2.21 bits per heavy atom. The van der Waals surface area contributed by atoms with Gasteiger partial charge in [0.15, 0.2) is 11.5 Å². The van der Waals surface area contributed by atoms with Crippen molar-refractivity contribution in [3.63, 3.8) is 0 Å². The lowest BCUT2D eigenvalue weighted by Crippen LogP contribution is -2.10. The van der Waals surface area contributed by atoms with Gasteiger partial charge in [0.1, 0.15) is 0 Å². The van der Waals surface area contributed by atoms with Gasteiger partial charge in [-0.15, -0.1) is 0 Å². The van der Waals surface area contributed by atoms with Gasteiger partial charge < -0.3 is 10.5 Å². The lowest BCUT2D eigenvalue weighted by atomic mass is 10.3. The zero-order valence-corrected chi connectivity index (χ0v) is 10.5. The Morgan fingerprint density at radius 3 is 2.89 bits per heavy atom. The predicted molar refractivity (Wildman–Crippen MR) is 69.1 cm³/mol. The van der Waals surface area contributed by atoms with Crippen molar-refractivity contribution in [3.05, 3.63) is 35.8 Å². The van der Waals surface area contributed by atoms with E-state index in [1.807, 2.05) is 12.3 Å². The van der Waals surface area contributed by atoms with Crippen LogP contribution in [-0.4, -0.2) is 27.8 Å². The van der Waals surface area contributed by atoms with Crippen LogP contribution in [0.1, 0.15) is 34.9 Å². The van der Waals surface area contributed by atoms with Crippen LogP contribution in [0, 0.1) is 0 Å². The van der Waals surface area contributed by atoms with Gasteiger partial charge in [0, 0.05) is 12.1 Å². The summed E-state index contributed by atoms with van der Waals surface area (Å²) in [6, 6.07) is 5.13. The molecule has 19 heavy (non-hydrogen) atoms. The molecule has 0 aromatic carbocycles. The van der Waals surface area contributed by atoms with Crippen LogP contribution in [0.25, 0.3) is 5.82 Å². The first-order valence-electron chi connectivity index (χ1n) is 6.10. The molecule has 0 radical (unpaired) electrons. The van der Waals surface area contributed by atoms with E-state index in [4.69, 9.17) is 5.73 Å². The zero-order chi connectivity index (χ0) is 13.4. The maximum atomic E-state index is 11.5. The molecule has 6 nitrogen and oxygen atoms in total. The summed E-state index contributed by atoms with van der Waals surface area (Å²) in [5.41, 5.74) is 7.62. The number of anilines is 1. The van der Waals surface area contributed by atoms with Gasteiger partial charge in [-0.3, -0.25) is 0 Å². The smallest absolute Gasteiger partial charge is 0.356 e. The van der Waals surface area contributed by atoms with Crippen LogP contribution < -0.4 is 5.73 Å². The predicted octanol–water partition coefficient (Wildman–Crippen LogP) is 1.51. The highest BCUT2D eigenvalue weighted by Crippen LogP contribution is 2.39. The van der Waals surface area contributed by atoms with Gasteiger partial charge in [-0.05, 0) is 31.0 Å². The lowest BCUT2D eigenvalue weighted by Gasteiger charge is -2.06. The van der Waals surface area contributed by atoms with Crippen molar-refractivity contribution in [2.75, 3.05) is 12.8 Å². The quantitative estimate of drug-likeness (QED) is 0.844. The number of nitrogens with two attached hydrogens (primary N) is 1. The molecule has 98 valence electrons. The van der Waals surface area contributed by atoms with Crippen LogP contribution in [0.5, 0.6) is 0 Å². The minimum absolute atomic E-state index is 0.218. The Kier molecular flexibility index (Phi) is 2.70. The molecule has 0 amide bonds. The normalized spacial score (nSPS) is 14.4. The van der Waals surface area contributed by atoms with Gasteiger partial charge in [-0.2, -0.15) is 5.10 Å². The van der Waals surface area contributed by atoms with Crippen LogP contribution in [0.3, 0.4) is 0 Å². The summed E-state index contributed by atoms with van der Waals surface area (Å²) >= 11 is 0. The van der Waals surface area contributed by atoms with Crippen molar-refractivity contribution < 1.29 is 9.53 Å². The maximum absolute atomic E-state index is 11.5. The van der Waals surface area contributed by atoms with E-state index in [1.165, 1.54) is 26.0 Å². The summed E-state index contributed by atoms with van der Waals surface area (Å²) in [4.78, 5) is 15.7. The number of ether oxygens (including phenoxy) is 1. The number of nitrogens with zero attached hydrogens (tertiary/aromatic N) is 3. The molecule has 1 fully saturated rings. The van der Waals surface area contributed by atoms with Crippen LogP contribution >= 0.6 is 0 Å². The Bertz CT molecular complexity index is 631. The fourth-order valence-corrected chi connectivity index (χ4v) is 1.91. The minimum atomic E-state index is -0.490. The molecule has 0 aliphatic heterocycles. The zero-order valence-electron chi connectivity index (χ0n) is 10.5. The molecule has 0 saturated heterocycles. The van der Waals surface area contributed by atoms with Crippen LogP contribution in [-0.2, 0) is 4.74 Å². The van der Waals surface area contributed by atoms with E-state index in [2.05, 4.69) is 14.8 Å². The van der Waals surface area contributed by atoms with Gasteiger partial charge in [-0.25, -0.2) is 14.5 Å². The number of nitrogen functional groups attached to an aromatic ring is 1. The second-order valence-corrected chi connectivity index (χ2v) is 4.56. The number of esters is 1. The number of pyridine rings is 1. The van der Waals surface area contributed by atoms with Crippen molar-refractivity contribution in [1.29, 1.82) is 0 Å². The summed E-state index contributed by atoms with van der Waals surface area (Å²) in [5, 5.41) is 4.45. The Labute approximate surface area is 110 Å². The van der Waals surface area contributed by atoms with E-state index in [0.29, 0.717) is 17.4 Å². The molecule has 2 aromatic rings. The Hall–Kier alpha value is -2.37. The van der Waals surface area contributed by atoms with E-state index >= 15 is 0 Å². The molecule has 0 atom stereocenters. The third kappa shape index (κ3) is 2.16. The lowest BCUT2D eigenvalue weighted by molar-refractivity contribution is 0.0594. The van der Waals surface area contributed by atoms with Crippen molar-refractivity contribution >= 4 is 11.7 Å². The average Bonchev–Trinajstić information content (AvgIpc) is 3.17. The highest BCUT2D eigenvalue weighted by Gasteiger charge is 2.26. The number of aromatic nitrogens is 3. The number of carbonyl (C=O) groups is 1. The summed E-state index contributed by atoms with van der Waals surface area (Å²) in [5.74, 6) is 0.525.